The summed E-state index contributed by atoms with van der Waals surface area (Å²) in [6.45, 7) is 4.46. The SMILES string of the molecule is O=C(O)C(F)(F)F.O=C(c1ccnc2ccccc12)N1C[C@@H]2COC[C@]2(COCC2CC2)C1. The maximum Gasteiger partial charge on any atom is 0.490 e. The Morgan fingerprint density at radius 2 is 1.97 bits per heavy atom. The van der Waals surface area contributed by atoms with Crippen molar-refractivity contribution in [3.63, 3.8) is 0 Å². The number of carbonyl (C=O) groups is 2. The standard InChI is InChI=1S/C21H24N2O3.C2HF3O2/c24-20(18-7-8-22-19-4-2-1-3-17(18)19)23-9-16-11-26-14-21(16,12-23)13-25-10-15-5-6-15;3-2(4,5)1(6)7/h1-4,7-8,15-16H,5-6,9-14H2;(H,6,7)/t16-,21-;/m1./s1. The zero-order valence-electron chi connectivity index (χ0n) is 17.9. The van der Waals surface area contributed by atoms with Gasteiger partial charge in [-0.1, -0.05) is 18.2 Å². The van der Waals surface area contributed by atoms with Crippen molar-refractivity contribution in [2.24, 2.45) is 17.3 Å². The molecule has 1 aromatic heterocycles. The number of hydrogen-bond acceptors (Lipinski definition) is 5. The average molecular weight is 466 g/mol. The van der Waals surface area contributed by atoms with E-state index < -0.39 is 12.1 Å². The first-order valence-corrected chi connectivity index (χ1v) is 10.8. The molecular weight excluding hydrogens is 441 g/mol. The van der Waals surface area contributed by atoms with Crippen LogP contribution in [0.3, 0.4) is 0 Å². The van der Waals surface area contributed by atoms with Crippen molar-refractivity contribution in [3.05, 3.63) is 42.1 Å². The summed E-state index contributed by atoms with van der Waals surface area (Å²) in [5, 5.41) is 8.05. The number of benzene rings is 1. The molecule has 2 aromatic rings. The minimum absolute atomic E-state index is 0.0343. The molecule has 1 saturated carbocycles. The summed E-state index contributed by atoms with van der Waals surface area (Å²) in [5.74, 6) is -1.53. The average Bonchev–Trinajstić information content (AvgIpc) is 3.41. The Morgan fingerprint density at radius 1 is 1.24 bits per heavy atom. The molecule has 2 atom stereocenters. The molecule has 178 valence electrons. The Morgan fingerprint density at radius 3 is 2.67 bits per heavy atom. The molecule has 10 heteroatoms. The first kappa shape index (κ1) is 23.4. The van der Waals surface area contributed by atoms with Crippen molar-refractivity contribution in [1.29, 1.82) is 0 Å². The van der Waals surface area contributed by atoms with Crippen molar-refractivity contribution in [1.82, 2.24) is 9.88 Å². The molecule has 5 rings (SSSR count). The van der Waals surface area contributed by atoms with Gasteiger partial charge in [-0.15, -0.1) is 0 Å². The van der Waals surface area contributed by atoms with Crippen molar-refractivity contribution in [3.8, 4) is 0 Å². The topological polar surface area (TPSA) is 89.0 Å². The lowest BCUT2D eigenvalue weighted by atomic mass is 9.82. The number of para-hydroxylation sites is 1. The van der Waals surface area contributed by atoms with Gasteiger partial charge in [-0.3, -0.25) is 9.78 Å². The molecule has 0 spiro atoms. The summed E-state index contributed by atoms with van der Waals surface area (Å²) >= 11 is 0. The predicted molar refractivity (Wildman–Crippen MR) is 112 cm³/mol. The number of amides is 1. The number of halogens is 3. The van der Waals surface area contributed by atoms with Gasteiger partial charge < -0.3 is 19.5 Å². The second-order valence-corrected chi connectivity index (χ2v) is 8.90. The smallest absolute Gasteiger partial charge is 0.475 e. The maximum atomic E-state index is 13.2. The van der Waals surface area contributed by atoms with E-state index in [9.17, 15) is 18.0 Å². The highest BCUT2D eigenvalue weighted by atomic mass is 19.4. The molecule has 1 amide bonds. The van der Waals surface area contributed by atoms with E-state index in [1.54, 1.807) is 6.20 Å². The number of carboxylic acid groups (broad SMARTS) is 1. The number of pyridine rings is 1. The lowest BCUT2D eigenvalue weighted by molar-refractivity contribution is -0.192. The highest BCUT2D eigenvalue weighted by Crippen LogP contribution is 2.42. The van der Waals surface area contributed by atoms with E-state index >= 15 is 0 Å². The lowest BCUT2D eigenvalue weighted by Gasteiger charge is -2.27. The number of nitrogens with zero attached hydrogens (tertiary/aromatic N) is 2. The molecule has 3 fully saturated rings. The third-order valence-electron chi connectivity index (χ3n) is 6.37. The third kappa shape index (κ3) is 5.27. The fourth-order valence-corrected chi connectivity index (χ4v) is 4.36. The number of rotatable bonds is 5. The summed E-state index contributed by atoms with van der Waals surface area (Å²) in [5.41, 5.74) is 1.57. The van der Waals surface area contributed by atoms with Crippen LogP contribution in [0.15, 0.2) is 36.5 Å². The zero-order chi connectivity index (χ0) is 23.6. The lowest BCUT2D eigenvalue weighted by Crippen LogP contribution is -2.37. The van der Waals surface area contributed by atoms with Crippen molar-refractivity contribution < 1.29 is 37.3 Å². The molecule has 2 aliphatic heterocycles. The van der Waals surface area contributed by atoms with Crippen LogP contribution in [0.2, 0.25) is 0 Å². The van der Waals surface area contributed by atoms with E-state index in [2.05, 4.69) is 4.98 Å². The van der Waals surface area contributed by atoms with Crippen LogP contribution in [0.4, 0.5) is 13.2 Å². The zero-order valence-corrected chi connectivity index (χ0v) is 17.9. The summed E-state index contributed by atoms with van der Waals surface area (Å²) in [6, 6.07) is 9.68. The fraction of sp³-hybridized carbons (Fsp3) is 0.522. The fourth-order valence-electron chi connectivity index (χ4n) is 4.36. The summed E-state index contributed by atoms with van der Waals surface area (Å²) in [7, 11) is 0. The molecule has 7 nitrogen and oxygen atoms in total. The van der Waals surface area contributed by atoms with Gasteiger partial charge in [0, 0.05) is 42.6 Å². The third-order valence-corrected chi connectivity index (χ3v) is 6.37. The van der Waals surface area contributed by atoms with Crippen LogP contribution in [0.25, 0.3) is 10.9 Å². The summed E-state index contributed by atoms with van der Waals surface area (Å²) in [4.78, 5) is 28.5. The van der Waals surface area contributed by atoms with Crippen LogP contribution < -0.4 is 0 Å². The number of carboxylic acids is 1. The highest BCUT2D eigenvalue weighted by molar-refractivity contribution is 6.06. The monoisotopic (exact) mass is 466 g/mol. The molecular formula is C23H25F3N2O5. The molecule has 3 aliphatic rings. The first-order chi connectivity index (χ1) is 15.7. The number of aliphatic carboxylic acids is 1. The van der Waals surface area contributed by atoms with Gasteiger partial charge in [0.15, 0.2) is 0 Å². The van der Waals surface area contributed by atoms with E-state index in [-0.39, 0.29) is 11.3 Å². The molecule has 0 bridgehead atoms. The second kappa shape index (κ2) is 9.26. The first-order valence-electron chi connectivity index (χ1n) is 10.8. The summed E-state index contributed by atoms with van der Waals surface area (Å²) < 4.78 is 43.5. The van der Waals surface area contributed by atoms with E-state index in [0.717, 1.165) is 48.7 Å². The van der Waals surface area contributed by atoms with Crippen LogP contribution in [-0.2, 0) is 14.3 Å². The maximum absolute atomic E-state index is 13.2. The van der Waals surface area contributed by atoms with Crippen LogP contribution in [0.5, 0.6) is 0 Å². The number of hydrogen-bond donors (Lipinski definition) is 1. The quantitative estimate of drug-likeness (QED) is 0.727. The van der Waals surface area contributed by atoms with E-state index in [1.807, 2.05) is 35.2 Å². The molecule has 1 aromatic carbocycles. The molecule has 1 aliphatic carbocycles. The van der Waals surface area contributed by atoms with Crippen LogP contribution in [-0.4, -0.2) is 72.6 Å². The Hall–Kier alpha value is -2.72. The van der Waals surface area contributed by atoms with E-state index in [0.29, 0.717) is 19.1 Å². The Bertz CT molecular complexity index is 1020. The van der Waals surface area contributed by atoms with Crippen LogP contribution in [0.1, 0.15) is 23.2 Å². The number of alkyl halides is 3. The van der Waals surface area contributed by atoms with Crippen molar-refractivity contribution in [2.45, 2.75) is 19.0 Å². The summed E-state index contributed by atoms with van der Waals surface area (Å²) in [6.07, 6.45) is -0.761. The van der Waals surface area contributed by atoms with Gasteiger partial charge in [0.25, 0.3) is 5.91 Å². The van der Waals surface area contributed by atoms with Crippen molar-refractivity contribution >= 4 is 22.8 Å². The molecule has 3 heterocycles. The van der Waals surface area contributed by atoms with Gasteiger partial charge in [-0.25, -0.2) is 4.79 Å². The van der Waals surface area contributed by atoms with Gasteiger partial charge in [-0.05, 0) is 30.9 Å². The highest BCUT2D eigenvalue weighted by Gasteiger charge is 2.52. The van der Waals surface area contributed by atoms with Gasteiger partial charge >= 0.3 is 12.1 Å². The van der Waals surface area contributed by atoms with Crippen molar-refractivity contribution in [2.75, 3.05) is 39.5 Å². The van der Waals surface area contributed by atoms with E-state index in [1.165, 1.54) is 12.8 Å². The Labute approximate surface area is 188 Å². The van der Waals surface area contributed by atoms with Gasteiger partial charge in [0.2, 0.25) is 0 Å². The van der Waals surface area contributed by atoms with Gasteiger partial charge in [-0.2, -0.15) is 13.2 Å². The van der Waals surface area contributed by atoms with Crippen LogP contribution in [0, 0.1) is 17.3 Å². The van der Waals surface area contributed by atoms with Gasteiger partial charge in [0.1, 0.15) is 0 Å². The number of aromatic nitrogens is 1. The number of ether oxygens (including phenoxy) is 2. The van der Waals surface area contributed by atoms with Crippen LogP contribution >= 0.6 is 0 Å². The molecule has 1 N–H and O–H groups in total. The number of fused-ring (bicyclic) bond motifs is 2. The Balaban J connectivity index is 0.000000325. The van der Waals surface area contributed by atoms with E-state index in [4.69, 9.17) is 19.4 Å². The minimum Gasteiger partial charge on any atom is -0.475 e. The predicted octanol–water partition coefficient (Wildman–Crippen LogP) is 3.38. The van der Waals surface area contributed by atoms with Gasteiger partial charge in [0.05, 0.1) is 30.9 Å². The largest absolute Gasteiger partial charge is 0.490 e. The second-order valence-electron chi connectivity index (χ2n) is 8.90. The Kier molecular flexibility index (Phi) is 6.58. The minimum atomic E-state index is -5.08. The number of likely N-dealkylation sites (tertiary alicyclic amines) is 1. The molecule has 2 saturated heterocycles. The molecule has 0 radical (unpaired) electrons. The molecule has 0 unspecified atom stereocenters. The molecule has 33 heavy (non-hydrogen) atoms. The normalized spacial score (nSPS) is 24.3. The number of carbonyl (C=O) groups excluding carboxylic acids is 1.